The van der Waals surface area contributed by atoms with Crippen LogP contribution in [-0.4, -0.2) is 11.6 Å². The van der Waals surface area contributed by atoms with E-state index in [2.05, 4.69) is 11.9 Å². The molecule has 96 valence electrons. The molecule has 0 aliphatic carbocycles. The molecule has 0 atom stereocenters. The van der Waals surface area contributed by atoms with E-state index in [0.717, 1.165) is 24.8 Å². The van der Waals surface area contributed by atoms with E-state index in [0.29, 0.717) is 17.5 Å². The predicted molar refractivity (Wildman–Crippen MR) is 70.1 cm³/mol. The van der Waals surface area contributed by atoms with Crippen molar-refractivity contribution in [1.82, 2.24) is 4.98 Å². The van der Waals surface area contributed by atoms with Gasteiger partial charge in [0.15, 0.2) is 0 Å². The molecule has 4 nitrogen and oxygen atoms in total. The second-order valence-electron chi connectivity index (χ2n) is 4.12. The van der Waals surface area contributed by atoms with Gasteiger partial charge in [0.1, 0.15) is 0 Å². The molecule has 0 bridgehead atoms. The third kappa shape index (κ3) is 2.53. The summed E-state index contributed by atoms with van der Waals surface area (Å²) < 4.78 is 10.2. The van der Waals surface area contributed by atoms with Crippen LogP contribution in [0.2, 0.25) is 0 Å². The van der Waals surface area contributed by atoms with E-state index < -0.39 is 0 Å². The second kappa shape index (κ2) is 5.67. The number of unbranched alkanes of at least 4 members (excludes halogenated alkanes) is 1. The minimum absolute atomic E-state index is 0.0441. The lowest BCUT2D eigenvalue weighted by atomic mass is 10.0. The highest BCUT2D eigenvalue weighted by atomic mass is 16.6. The van der Waals surface area contributed by atoms with Gasteiger partial charge in [0, 0.05) is 0 Å². The molecule has 0 spiro atoms. The molecule has 0 unspecified atom stereocenters. The van der Waals surface area contributed by atoms with Gasteiger partial charge in [-0.2, -0.15) is 4.98 Å². The third-order valence-electron chi connectivity index (χ3n) is 2.79. The zero-order valence-corrected chi connectivity index (χ0v) is 10.7. The van der Waals surface area contributed by atoms with Gasteiger partial charge in [-0.3, -0.25) is 0 Å². The number of aromatic nitrogens is 1. The molecule has 4 heteroatoms. The maximum atomic E-state index is 12.0. The molecule has 0 amide bonds. The van der Waals surface area contributed by atoms with Crippen molar-refractivity contribution in [3.8, 4) is 6.08 Å². The van der Waals surface area contributed by atoms with E-state index in [-0.39, 0.29) is 11.7 Å². The molecular weight excluding hydrogens is 230 g/mol. The van der Waals surface area contributed by atoms with E-state index in [4.69, 9.17) is 9.15 Å². The quantitative estimate of drug-likeness (QED) is 0.815. The maximum absolute atomic E-state index is 12.0. The van der Waals surface area contributed by atoms with Crippen molar-refractivity contribution >= 4 is 10.9 Å². The highest BCUT2D eigenvalue weighted by molar-refractivity contribution is 5.80. The predicted octanol–water partition coefficient (Wildman–Crippen LogP) is 2.93. The lowest BCUT2D eigenvalue weighted by molar-refractivity contribution is 0.229. The smallest absolute Gasteiger partial charge is 0.397 e. The number of fused-ring (bicyclic) bond motifs is 1. The van der Waals surface area contributed by atoms with Gasteiger partial charge in [0.05, 0.1) is 17.5 Å². The van der Waals surface area contributed by atoms with Gasteiger partial charge in [0.25, 0.3) is 0 Å². The Morgan fingerprint density at radius 3 is 2.89 bits per heavy atom. The van der Waals surface area contributed by atoms with Crippen LogP contribution in [0.5, 0.6) is 6.08 Å². The van der Waals surface area contributed by atoms with Gasteiger partial charge in [-0.15, -0.1) is 0 Å². The first-order valence-electron chi connectivity index (χ1n) is 6.31. The summed E-state index contributed by atoms with van der Waals surface area (Å²) in [6.07, 6.45) is 3.05. The number of hydrogen-bond donors (Lipinski definition) is 0. The fraction of sp³-hybridized carbons (Fsp3) is 0.429. The molecule has 0 aliphatic rings. The van der Waals surface area contributed by atoms with Crippen LogP contribution < -0.4 is 10.4 Å². The first kappa shape index (κ1) is 12.6. The van der Waals surface area contributed by atoms with Crippen LogP contribution in [-0.2, 0) is 6.42 Å². The van der Waals surface area contributed by atoms with Gasteiger partial charge in [-0.05, 0) is 31.4 Å². The van der Waals surface area contributed by atoms with E-state index in [1.165, 1.54) is 0 Å². The summed E-state index contributed by atoms with van der Waals surface area (Å²) in [4.78, 5) is 16.2. The zero-order chi connectivity index (χ0) is 13.0. The largest absolute Gasteiger partial charge is 0.450 e. The normalized spacial score (nSPS) is 10.8. The van der Waals surface area contributed by atoms with Gasteiger partial charge in [-0.25, -0.2) is 4.79 Å². The van der Waals surface area contributed by atoms with Crippen LogP contribution in [0, 0.1) is 0 Å². The molecular formula is C14H17NO3. The van der Waals surface area contributed by atoms with Crippen molar-refractivity contribution in [2.75, 3.05) is 6.61 Å². The average molecular weight is 247 g/mol. The molecule has 0 fully saturated rings. The first-order valence-corrected chi connectivity index (χ1v) is 6.31. The van der Waals surface area contributed by atoms with Crippen molar-refractivity contribution in [3.05, 3.63) is 34.2 Å². The molecule has 1 heterocycles. The van der Waals surface area contributed by atoms with Crippen molar-refractivity contribution < 1.29 is 9.15 Å². The second-order valence-corrected chi connectivity index (χ2v) is 4.12. The summed E-state index contributed by atoms with van der Waals surface area (Å²) in [5, 5.41) is 0.578. The molecule has 1 aromatic carbocycles. The molecule has 2 rings (SSSR count). The van der Waals surface area contributed by atoms with E-state index in [9.17, 15) is 4.79 Å². The summed E-state index contributed by atoms with van der Waals surface area (Å²) in [5.41, 5.74) is 1.28. The maximum Gasteiger partial charge on any atom is 0.397 e. The lowest BCUT2D eigenvalue weighted by Crippen LogP contribution is -2.07. The average Bonchev–Trinajstić information content (AvgIpc) is 2.36. The van der Waals surface area contributed by atoms with Crippen LogP contribution in [0.4, 0.5) is 0 Å². The third-order valence-corrected chi connectivity index (χ3v) is 2.79. The minimum atomic E-state index is -0.366. The van der Waals surface area contributed by atoms with Crippen molar-refractivity contribution in [1.29, 1.82) is 0 Å². The Morgan fingerprint density at radius 2 is 2.17 bits per heavy atom. The van der Waals surface area contributed by atoms with Gasteiger partial charge in [0.2, 0.25) is 0 Å². The topological polar surface area (TPSA) is 52.3 Å². The van der Waals surface area contributed by atoms with Crippen LogP contribution >= 0.6 is 0 Å². The summed E-state index contributed by atoms with van der Waals surface area (Å²) in [6.45, 7) is 4.37. The van der Waals surface area contributed by atoms with E-state index in [1.807, 2.05) is 25.1 Å². The fourth-order valence-corrected chi connectivity index (χ4v) is 1.93. The van der Waals surface area contributed by atoms with E-state index in [1.54, 1.807) is 0 Å². The highest BCUT2D eigenvalue weighted by Crippen LogP contribution is 2.18. The van der Waals surface area contributed by atoms with Crippen molar-refractivity contribution in [2.24, 2.45) is 0 Å². The number of benzene rings is 1. The summed E-state index contributed by atoms with van der Waals surface area (Å²) in [6, 6.07) is 5.68. The van der Waals surface area contributed by atoms with Crippen LogP contribution in [0.25, 0.3) is 10.9 Å². The zero-order valence-electron chi connectivity index (χ0n) is 10.7. The molecule has 0 saturated heterocycles. The SMILES string of the molecule is CCCCc1cccc2nc(OCC)oc(=O)c12. The molecule has 0 aliphatic heterocycles. The Bertz CT molecular complexity index is 589. The number of hydrogen-bond acceptors (Lipinski definition) is 4. The summed E-state index contributed by atoms with van der Waals surface area (Å²) in [7, 11) is 0. The molecule has 0 saturated carbocycles. The van der Waals surface area contributed by atoms with Gasteiger partial charge < -0.3 is 9.15 Å². The highest BCUT2D eigenvalue weighted by Gasteiger charge is 2.10. The van der Waals surface area contributed by atoms with E-state index >= 15 is 0 Å². The summed E-state index contributed by atoms with van der Waals surface area (Å²) in [5.74, 6) is 0. The van der Waals surface area contributed by atoms with Crippen LogP contribution in [0.1, 0.15) is 32.3 Å². The summed E-state index contributed by atoms with van der Waals surface area (Å²) >= 11 is 0. The molecule has 18 heavy (non-hydrogen) atoms. The Labute approximate surface area is 106 Å². The molecule has 1 aromatic heterocycles. The van der Waals surface area contributed by atoms with Crippen LogP contribution in [0.3, 0.4) is 0 Å². The standard InChI is InChI=1S/C14H17NO3/c1-3-5-7-10-8-6-9-11-12(10)13(16)18-14(15-11)17-4-2/h6,8-9H,3-5,7H2,1-2H3. The fourth-order valence-electron chi connectivity index (χ4n) is 1.93. The number of ether oxygens (including phenoxy) is 1. The van der Waals surface area contributed by atoms with Crippen molar-refractivity contribution in [2.45, 2.75) is 33.1 Å². The molecule has 2 aromatic rings. The monoisotopic (exact) mass is 247 g/mol. The number of aryl methyl sites for hydroxylation is 1. The Morgan fingerprint density at radius 1 is 1.33 bits per heavy atom. The van der Waals surface area contributed by atoms with Crippen LogP contribution in [0.15, 0.2) is 27.4 Å². The minimum Gasteiger partial charge on any atom is -0.450 e. The van der Waals surface area contributed by atoms with Gasteiger partial charge in [-0.1, -0.05) is 25.5 Å². The first-order chi connectivity index (χ1) is 8.76. The Kier molecular flexibility index (Phi) is 3.97. The Hall–Kier alpha value is -1.84. The van der Waals surface area contributed by atoms with Gasteiger partial charge >= 0.3 is 11.7 Å². The molecule has 0 radical (unpaired) electrons. The number of rotatable bonds is 5. The lowest BCUT2D eigenvalue weighted by Gasteiger charge is -2.05. The number of nitrogens with zero attached hydrogens (tertiary/aromatic N) is 1. The molecule has 0 N–H and O–H groups in total. The Balaban J connectivity index is 2.52. The van der Waals surface area contributed by atoms with Crippen molar-refractivity contribution in [3.63, 3.8) is 0 Å².